The summed E-state index contributed by atoms with van der Waals surface area (Å²) in [6, 6.07) is 25.3. The van der Waals surface area contributed by atoms with Crippen LogP contribution >= 0.6 is 23.2 Å². The van der Waals surface area contributed by atoms with Gasteiger partial charge in [0.25, 0.3) is 5.91 Å². The van der Waals surface area contributed by atoms with Gasteiger partial charge in [-0.15, -0.1) is 0 Å². The fraction of sp³-hybridized carbons (Fsp3) is 0.355. The largest absolute Gasteiger partial charge is 0.347 e. The first-order chi connectivity index (χ1) is 18.3. The van der Waals surface area contributed by atoms with E-state index in [1.807, 2.05) is 78.7 Å². The zero-order valence-corrected chi connectivity index (χ0v) is 23.7. The molecule has 1 saturated heterocycles. The number of rotatable bonds is 8. The van der Waals surface area contributed by atoms with Crippen molar-refractivity contribution < 1.29 is 9.59 Å². The van der Waals surface area contributed by atoms with E-state index in [1.165, 1.54) is 0 Å². The molecule has 1 heterocycles. The van der Waals surface area contributed by atoms with Gasteiger partial charge in [-0.2, -0.15) is 0 Å². The Morgan fingerprint density at radius 3 is 2.11 bits per heavy atom. The van der Waals surface area contributed by atoms with Crippen molar-refractivity contribution in [3.63, 3.8) is 0 Å². The number of hydrogen-bond acceptors (Lipinski definition) is 3. The van der Waals surface area contributed by atoms with Gasteiger partial charge in [-0.05, 0) is 54.7 Å². The lowest BCUT2D eigenvalue weighted by Gasteiger charge is -2.49. The van der Waals surface area contributed by atoms with Gasteiger partial charge >= 0.3 is 0 Å². The van der Waals surface area contributed by atoms with Crippen LogP contribution in [0.5, 0.6) is 0 Å². The van der Waals surface area contributed by atoms with Crippen LogP contribution < -0.4 is 5.32 Å². The number of nitrogens with zero attached hydrogens (tertiary/aromatic N) is 2. The van der Waals surface area contributed by atoms with Crippen LogP contribution in [0.25, 0.3) is 0 Å². The van der Waals surface area contributed by atoms with E-state index in [0.717, 1.165) is 30.4 Å². The minimum absolute atomic E-state index is 0.00687. The topological polar surface area (TPSA) is 52.7 Å². The molecular weight excluding hydrogens is 517 g/mol. The fourth-order valence-electron chi connectivity index (χ4n) is 5.79. The molecule has 0 saturated carbocycles. The van der Waals surface area contributed by atoms with E-state index in [-0.39, 0.29) is 23.9 Å². The third kappa shape index (κ3) is 6.06. The Kier molecular flexibility index (Phi) is 9.14. The maximum atomic E-state index is 13.7. The molecule has 0 radical (unpaired) electrons. The normalized spacial score (nSPS) is 16.9. The van der Waals surface area contributed by atoms with Gasteiger partial charge in [-0.3, -0.25) is 14.5 Å². The fourth-order valence-corrected chi connectivity index (χ4v) is 6.09. The van der Waals surface area contributed by atoms with Crippen LogP contribution in [0.4, 0.5) is 0 Å². The summed E-state index contributed by atoms with van der Waals surface area (Å²) in [7, 11) is 1.88. The molecule has 0 bridgehead atoms. The summed E-state index contributed by atoms with van der Waals surface area (Å²) >= 11 is 12.7. The molecule has 7 heteroatoms. The molecule has 5 nitrogen and oxygen atoms in total. The molecular formula is C31H35Cl2N3O2. The van der Waals surface area contributed by atoms with E-state index in [2.05, 4.69) is 29.3 Å². The van der Waals surface area contributed by atoms with Crippen LogP contribution in [0.3, 0.4) is 0 Å². The third-order valence-corrected chi connectivity index (χ3v) is 8.42. The number of halogens is 2. The number of hydrogen-bond donors (Lipinski definition) is 1. The van der Waals surface area contributed by atoms with Gasteiger partial charge in [0.1, 0.15) is 0 Å². The Bertz CT molecular complexity index is 1240. The van der Waals surface area contributed by atoms with Gasteiger partial charge in [0.05, 0.1) is 21.7 Å². The number of likely N-dealkylation sites (N-methyl/N-ethyl adjacent to an activating group) is 1. The van der Waals surface area contributed by atoms with E-state index >= 15 is 0 Å². The van der Waals surface area contributed by atoms with Crippen molar-refractivity contribution in [3.05, 3.63) is 106 Å². The molecule has 38 heavy (non-hydrogen) atoms. The predicted octanol–water partition coefficient (Wildman–Crippen LogP) is 6.71. The van der Waals surface area contributed by atoms with Gasteiger partial charge in [-0.25, -0.2) is 0 Å². The maximum Gasteiger partial charge on any atom is 0.254 e. The molecule has 200 valence electrons. The van der Waals surface area contributed by atoms with Gasteiger partial charge < -0.3 is 10.2 Å². The van der Waals surface area contributed by atoms with Gasteiger partial charge in [0, 0.05) is 38.5 Å². The number of amides is 2. The van der Waals surface area contributed by atoms with E-state index in [4.69, 9.17) is 23.2 Å². The monoisotopic (exact) mass is 551 g/mol. The van der Waals surface area contributed by atoms with Gasteiger partial charge in [0.15, 0.2) is 0 Å². The Morgan fingerprint density at radius 2 is 1.55 bits per heavy atom. The second kappa shape index (κ2) is 12.3. The van der Waals surface area contributed by atoms with Crippen molar-refractivity contribution in [1.29, 1.82) is 0 Å². The van der Waals surface area contributed by atoms with E-state index in [1.54, 1.807) is 6.92 Å². The Balaban J connectivity index is 1.69. The lowest BCUT2D eigenvalue weighted by Crippen LogP contribution is -2.59. The molecule has 0 aliphatic carbocycles. The van der Waals surface area contributed by atoms with Crippen LogP contribution in [0.1, 0.15) is 60.5 Å². The Labute approximate surface area is 235 Å². The summed E-state index contributed by atoms with van der Waals surface area (Å²) in [6.07, 6.45) is 2.06. The smallest absolute Gasteiger partial charge is 0.254 e. The number of carbonyl (C=O) groups excluding carboxylic acids is 2. The number of nitrogens with one attached hydrogen (secondary N) is 1. The maximum absolute atomic E-state index is 13.7. The van der Waals surface area contributed by atoms with Crippen LogP contribution in [0.15, 0.2) is 78.9 Å². The van der Waals surface area contributed by atoms with Crippen molar-refractivity contribution >= 4 is 35.0 Å². The summed E-state index contributed by atoms with van der Waals surface area (Å²) in [5.41, 5.74) is 2.36. The molecule has 3 aromatic carbocycles. The molecule has 3 aromatic rings. The summed E-state index contributed by atoms with van der Waals surface area (Å²) in [4.78, 5) is 30.2. The van der Waals surface area contributed by atoms with Crippen LogP contribution in [0.2, 0.25) is 10.0 Å². The highest BCUT2D eigenvalue weighted by atomic mass is 35.5. The Morgan fingerprint density at radius 1 is 0.947 bits per heavy atom. The van der Waals surface area contributed by atoms with Crippen LogP contribution in [-0.4, -0.2) is 47.9 Å². The lowest BCUT2D eigenvalue weighted by molar-refractivity contribution is -0.122. The first-order valence-electron chi connectivity index (χ1n) is 13.1. The second-order valence-electron chi connectivity index (χ2n) is 10.0. The SMILES string of the molecule is CCC(c1ccc(Cl)c(Cl)c1)[C@@H](N1CCC(NC(C)=O)(c2ccccc2)CC1)N(C)C(=O)c1ccccc1. The van der Waals surface area contributed by atoms with E-state index in [9.17, 15) is 9.59 Å². The molecule has 1 aliphatic rings. The summed E-state index contributed by atoms with van der Waals surface area (Å²) in [5.74, 6) is -0.0687. The first kappa shape index (κ1) is 28.2. The minimum atomic E-state index is -0.443. The van der Waals surface area contributed by atoms with E-state index in [0.29, 0.717) is 28.7 Å². The molecule has 2 atom stereocenters. The van der Waals surface area contributed by atoms with Crippen molar-refractivity contribution in [2.75, 3.05) is 20.1 Å². The highest BCUT2D eigenvalue weighted by Gasteiger charge is 2.42. The molecule has 0 spiro atoms. The molecule has 1 N–H and O–H groups in total. The number of likely N-dealkylation sites (tertiary alicyclic amines) is 1. The molecule has 0 aromatic heterocycles. The van der Waals surface area contributed by atoms with E-state index < -0.39 is 5.54 Å². The average molecular weight is 553 g/mol. The second-order valence-corrected chi connectivity index (χ2v) is 10.9. The zero-order chi connectivity index (χ0) is 27.3. The lowest BCUT2D eigenvalue weighted by atomic mass is 9.79. The third-order valence-electron chi connectivity index (χ3n) is 7.68. The highest BCUT2D eigenvalue weighted by molar-refractivity contribution is 6.42. The highest BCUT2D eigenvalue weighted by Crippen LogP contribution is 2.38. The molecule has 2 amide bonds. The van der Waals surface area contributed by atoms with Crippen molar-refractivity contribution in [2.45, 2.75) is 50.7 Å². The van der Waals surface area contributed by atoms with Crippen molar-refractivity contribution in [3.8, 4) is 0 Å². The standard InChI is InChI=1S/C31H35Cl2N3O2/c1-4-26(24-15-16-27(32)28(33)21-24)29(35(3)30(38)23-11-7-5-8-12-23)36-19-17-31(18-20-36,34-22(2)37)25-13-9-6-10-14-25/h5-16,21,26,29H,4,17-20H2,1-3H3,(H,34,37)/t26?,29-/m1/s1. The molecule has 1 aliphatic heterocycles. The first-order valence-corrected chi connectivity index (χ1v) is 13.9. The van der Waals surface area contributed by atoms with Crippen LogP contribution in [0, 0.1) is 0 Å². The van der Waals surface area contributed by atoms with Crippen molar-refractivity contribution in [1.82, 2.24) is 15.1 Å². The number of benzene rings is 3. The number of piperidine rings is 1. The quantitative estimate of drug-likeness (QED) is 0.338. The molecule has 1 unspecified atom stereocenters. The Hall–Kier alpha value is -2.86. The number of carbonyl (C=O) groups is 2. The van der Waals surface area contributed by atoms with Crippen molar-refractivity contribution in [2.24, 2.45) is 0 Å². The molecule has 4 rings (SSSR count). The van der Waals surface area contributed by atoms with Crippen LogP contribution in [-0.2, 0) is 10.3 Å². The average Bonchev–Trinajstić information content (AvgIpc) is 2.94. The summed E-state index contributed by atoms with van der Waals surface area (Å²) in [6.45, 7) is 5.13. The zero-order valence-electron chi connectivity index (χ0n) is 22.2. The van der Waals surface area contributed by atoms with Gasteiger partial charge in [0.2, 0.25) is 5.91 Å². The summed E-state index contributed by atoms with van der Waals surface area (Å²) in [5, 5.41) is 4.28. The van der Waals surface area contributed by atoms with Gasteiger partial charge in [-0.1, -0.05) is 84.7 Å². The molecule has 1 fully saturated rings. The minimum Gasteiger partial charge on any atom is -0.347 e. The summed E-state index contributed by atoms with van der Waals surface area (Å²) < 4.78 is 0. The predicted molar refractivity (Wildman–Crippen MR) is 155 cm³/mol.